The van der Waals surface area contributed by atoms with Gasteiger partial charge in [0.25, 0.3) is 0 Å². The molecule has 2 saturated carbocycles. The van der Waals surface area contributed by atoms with Crippen LogP contribution in [-0.2, 0) is 5.41 Å². The zero-order valence-electron chi connectivity index (χ0n) is 11.4. The Hall–Kier alpha value is -1.46. The first-order valence-corrected chi connectivity index (χ1v) is 7.24. The fraction of sp³-hybridized carbons (Fsp3) is 0.529. The second-order valence-corrected chi connectivity index (χ2v) is 6.22. The Labute approximate surface area is 116 Å². The van der Waals surface area contributed by atoms with Gasteiger partial charge >= 0.3 is 0 Å². The van der Waals surface area contributed by atoms with Gasteiger partial charge in [-0.1, -0.05) is 18.1 Å². The maximum atomic E-state index is 5.78. The van der Waals surface area contributed by atoms with Crippen LogP contribution in [0.4, 0.5) is 5.69 Å². The number of terminal acetylenes is 1. The van der Waals surface area contributed by atoms with Crippen LogP contribution in [0.3, 0.4) is 0 Å². The molecule has 0 amide bonds. The molecule has 0 aliphatic heterocycles. The third-order valence-electron chi connectivity index (χ3n) is 4.43. The molecule has 0 heterocycles. The highest BCUT2D eigenvalue weighted by molar-refractivity contribution is 5.43. The van der Waals surface area contributed by atoms with Gasteiger partial charge in [0, 0.05) is 24.2 Å². The highest BCUT2D eigenvalue weighted by Crippen LogP contribution is 2.49. The molecule has 0 atom stereocenters. The highest BCUT2D eigenvalue weighted by Gasteiger charge is 2.45. The van der Waals surface area contributed by atoms with Crippen molar-refractivity contribution in [2.45, 2.75) is 31.1 Å². The summed E-state index contributed by atoms with van der Waals surface area (Å²) in [5.41, 5.74) is 8.40. The molecule has 3 rings (SSSR count). The van der Waals surface area contributed by atoms with Crippen LogP contribution in [-0.4, -0.2) is 24.5 Å². The quantitative estimate of drug-likeness (QED) is 0.624. The molecule has 0 saturated heterocycles. The van der Waals surface area contributed by atoms with Crippen LogP contribution in [0.2, 0.25) is 0 Å². The lowest BCUT2D eigenvalue weighted by atomic mass is 9.95. The number of nitrogen functional groups attached to an aromatic ring is 1. The Balaban J connectivity index is 1.69. The zero-order valence-corrected chi connectivity index (χ0v) is 11.4. The van der Waals surface area contributed by atoms with Gasteiger partial charge in [0.05, 0.1) is 6.54 Å². The van der Waals surface area contributed by atoms with Crippen LogP contribution >= 0.6 is 0 Å². The van der Waals surface area contributed by atoms with Crippen molar-refractivity contribution < 1.29 is 0 Å². The van der Waals surface area contributed by atoms with Gasteiger partial charge in [0.1, 0.15) is 0 Å². The molecule has 2 heteroatoms. The van der Waals surface area contributed by atoms with Crippen LogP contribution in [0.15, 0.2) is 24.3 Å². The van der Waals surface area contributed by atoms with Crippen molar-refractivity contribution in [2.75, 3.05) is 25.4 Å². The second-order valence-electron chi connectivity index (χ2n) is 6.22. The molecule has 1 aromatic rings. The largest absolute Gasteiger partial charge is 0.399 e. The van der Waals surface area contributed by atoms with Gasteiger partial charge in [-0.25, -0.2) is 0 Å². The van der Waals surface area contributed by atoms with Crippen molar-refractivity contribution in [1.82, 2.24) is 4.90 Å². The van der Waals surface area contributed by atoms with E-state index in [-0.39, 0.29) is 0 Å². The summed E-state index contributed by atoms with van der Waals surface area (Å²) in [5, 5.41) is 0. The van der Waals surface area contributed by atoms with Crippen molar-refractivity contribution >= 4 is 5.69 Å². The lowest BCUT2D eigenvalue weighted by Crippen LogP contribution is -2.34. The third-order valence-corrected chi connectivity index (χ3v) is 4.43. The van der Waals surface area contributed by atoms with Crippen molar-refractivity contribution in [2.24, 2.45) is 5.92 Å². The lowest BCUT2D eigenvalue weighted by Gasteiger charge is -2.26. The van der Waals surface area contributed by atoms with E-state index in [1.165, 1.54) is 37.8 Å². The van der Waals surface area contributed by atoms with Crippen molar-refractivity contribution in [1.29, 1.82) is 0 Å². The van der Waals surface area contributed by atoms with E-state index in [2.05, 4.69) is 23.0 Å². The van der Waals surface area contributed by atoms with Gasteiger partial charge in [-0.3, -0.25) is 4.90 Å². The number of anilines is 1. The van der Waals surface area contributed by atoms with Crippen LogP contribution < -0.4 is 5.73 Å². The van der Waals surface area contributed by atoms with Gasteiger partial charge in [0.15, 0.2) is 0 Å². The van der Waals surface area contributed by atoms with E-state index in [0.29, 0.717) is 5.41 Å². The standard InChI is InChI=1S/C17H22N2/c1-2-11-19(12-14-3-4-14)13-17(9-10-17)15-5-7-16(18)8-6-15/h1,5-8,14H,3-4,9-13,18H2. The summed E-state index contributed by atoms with van der Waals surface area (Å²) in [7, 11) is 0. The van der Waals surface area contributed by atoms with Gasteiger partial charge < -0.3 is 5.73 Å². The first-order chi connectivity index (χ1) is 9.22. The molecule has 2 N–H and O–H groups in total. The van der Waals surface area contributed by atoms with E-state index in [0.717, 1.165) is 24.7 Å². The molecule has 0 unspecified atom stereocenters. The maximum absolute atomic E-state index is 5.78. The van der Waals surface area contributed by atoms with Crippen LogP contribution in [0.1, 0.15) is 31.2 Å². The predicted molar refractivity (Wildman–Crippen MR) is 79.8 cm³/mol. The Morgan fingerprint density at radius 2 is 1.95 bits per heavy atom. The van der Waals surface area contributed by atoms with E-state index in [1.807, 2.05) is 12.1 Å². The smallest absolute Gasteiger partial charge is 0.0599 e. The molecule has 0 spiro atoms. The van der Waals surface area contributed by atoms with E-state index in [4.69, 9.17) is 12.2 Å². The number of rotatable bonds is 6. The summed E-state index contributed by atoms with van der Waals surface area (Å²) in [4.78, 5) is 2.47. The van der Waals surface area contributed by atoms with Gasteiger partial charge in [-0.15, -0.1) is 6.42 Å². The fourth-order valence-corrected chi connectivity index (χ4v) is 2.93. The molecule has 2 nitrogen and oxygen atoms in total. The van der Waals surface area contributed by atoms with Crippen molar-refractivity contribution in [3.8, 4) is 12.3 Å². The van der Waals surface area contributed by atoms with E-state index in [1.54, 1.807) is 0 Å². The maximum Gasteiger partial charge on any atom is 0.0599 e. The molecular formula is C17H22N2. The lowest BCUT2D eigenvalue weighted by molar-refractivity contribution is 0.267. The first kappa shape index (κ1) is 12.6. The molecule has 2 aliphatic carbocycles. The molecular weight excluding hydrogens is 232 g/mol. The summed E-state index contributed by atoms with van der Waals surface area (Å²) in [6.45, 7) is 3.08. The van der Waals surface area contributed by atoms with Crippen molar-refractivity contribution in [3.05, 3.63) is 29.8 Å². The van der Waals surface area contributed by atoms with Gasteiger partial charge in [-0.2, -0.15) is 0 Å². The molecule has 0 aromatic heterocycles. The topological polar surface area (TPSA) is 29.3 Å². The fourth-order valence-electron chi connectivity index (χ4n) is 2.93. The number of nitrogens with zero attached hydrogens (tertiary/aromatic N) is 1. The number of nitrogens with two attached hydrogens (primary N) is 1. The molecule has 2 fully saturated rings. The second kappa shape index (κ2) is 4.90. The van der Waals surface area contributed by atoms with E-state index < -0.39 is 0 Å². The normalized spacial score (nSPS) is 20.2. The summed E-state index contributed by atoms with van der Waals surface area (Å²) in [6.07, 6.45) is 10.8. The predicted octanol–water partition coefficient (Wildman–Crippen LogP) is 2.65. The molecule has 2 aliphatic rings. The summed E-state index contributed by atoms with van der Waals surface area (Å²) in [6, 6.07) is 8.41. The average Bonchev–Trinajstić information content (AvgIpc) is 3.28. The summed E-state index contributed by atoms with van der Waals surface area (Å²) >= 11 is 0. The average molecular weight is 254 g/mol. The van der Waals surface area contributed by atoms with Crippen molar-refractivity contribution in [3.63, 3.8) is 0 Å². The van der Waals surface area contributed by atoms with E-state index in [9.17, 15) is 0 Å². The highest BCUT2D eigenvalue weighted by atomic mass is 15.1. The number of hydrogen-bond donors (Lipinski definition) is 1. The number of hydrogen-bond acceptors (Lipinski definition) is 2. The Bertz CT molecular complexity index is 475. The molecule has 0 bridgehead atoms. The monoisotopic (exact) mass is 254 g/mol. The summed E-state index contributed by atoms with van der Waals surface area (Å²) < 4.78 is 0. The summed E-state index contributed by atoms with van der Waals surface area (Å²) in [5.74, 6) is 3.72. The van der Waals surface area contributed by atoms with E-state index >= 15 is 0 Å². The molecule has 1 aromatic carbocycles. The Kier molecular flexibility index (Phi) is 3.24. The molecule has 0 radical (unpaired) electrons. The third kappa shape index (κ3) is 2.93. The van der Waals surface area contributed by atoms with Gasteiger partial charge in [0.2, 0.25) is 0 Å². The minimum atomic E-state index is 0.347. The Morgan fingerprint density at radius 3 is 2.47 bits per heavy atom. The number of benzene rings is 1. The minimum absolute atomic E-state index is 0.347. The van der Waals surface area contributed by atoms with Crippen LogP contribution in [0.5, 0.6) is 0 Å². The van der Waals surface area contributed by atoms with Gasteiger partial charge in [-0.05, 0) is 49.3 Å². The first-order valence-electron chi connectivity index (χ1n) is 7.24. The minimum Gasteiger partial charge on any atom is -0.399 e. The Morgan fingerprint density at radius 1 is 1.26 bits per heavy atom. The molecule has 19 heavy (non-hydrogen) atoms. The van der Waals surface area contributed by atoms with Crippen LogP contribution in [0, 0.1) is 18.3 Å². The SMILES string of the molecule is C#CCN(CC1CC1)CC1(c2ccc(N)cc2)CC1. The molecule has 100 valence electrons. The van der Waals surface area contributed by atoms with Crippen LogP contribution in [0.25, 0.3) is 0 Å². The zero-order chi connectivity index (χ0) is 13.3.